The molecule has 0 saturated carbocycles. The number of carbonyl (C=O) groups excluding carboxylic acids is 1. The molecule has 1 aromatic carbocycles. The molecular formula is C16H24N2O2. The van der Waals surface area contributed by atoms with Gasteiger partial charge >= 0.3 is 0 Å². The van der Waals surface area contributed by atoms with Gasteiger partial charge in [-0.3, -0.25) is 4.79 Å². The Balaban J connectivity index is 1.80. The summed E-state index contributed by atoms with van der Waals surface area (Å²) in [5, 5.41) is 12.8. The number of anilines is 1. The van der Waals surface area contributed by atoms with Crippen LogP contribution in [0.2, 0.25) is 0 Å². The van der Waals surface area contributed by atoms with Crippen molar-refractivity contribution in [1.82, 2.24) is 5.32 Å². The first-order valence-corrected chi connectivity index (χ1v) is 7.33. The van der Waals surface area contributed by atoms with E-state index < -0.39 is 6.10 Å². The minimum atomic E-state index is -0.554. The van der Waals surface area contributed by atoms with Gasteiger partial charge in [0.15, 0.2) is 0 Å². The Bertz CT molecular complexity index is 433. The quantitative estimate of drug-likeness (QED) is 0.862. The van der Waals surface area contributed by atoms with Crippen molar-refractivity contribution in [2.45, 2.75) is 38.8 Å². The largest absolute Gasteiger partial charge is 0.392 e. The fourth-order valence-electron chi connectivity index (χ4n) is 2.46. The number of nitrogens with one attached hydrogen (secondary N) is 1. The Labute approximate surface area is 120 Å². The molecule has 1 heterocycles. The number of benzene rings is 1. The third-order valence-electron chi connectivity index (χ3n) is 3.84. The number of amides is 1. The van der Waals surface area contributed by atoms with Crippen LogP contribution in [0.15, 0.2) is 30.3 Å². The Morgan fingerprint density at radius 1 is 1.40 bits per heavy atom. The second-order valence-corrected chi connectivity index (χ2v) is 5.85. The fourth-order valence-corrected chi connectivity index (χ4v) is 2.46. The zero-order valence-corrected chi connectivity index (χ0v) is 12.2. The third-order valence-corrected chi connectivity index (χ3v) is 3.84. The van der Waals surface area contributed by atoms with Crippen molar-refractivity contribution in [3.63, 3.8) is 0 Å². The summed E-state index contributed by atoms with van der Waals surface area (Å²) in [5.74, 6) is 0.0660. The molecule has 2 atom stereocenters. The summed E-state index contributed by atoms with van der Waals surface area (Å²) < 4.78 is 0. The van der Waals surface area contributed by atoms with Crippen LogP contribution >= 0.6 is 0 Å². The van der Waals surface area contributed by atoms with Gasteiger partial charge in [-0.1, -0.05) is 32.0 Å². The second-order valence-electron chi connectivity index (χ2n) is 5.85. The summed E-state index contributed by atoms with van der Waals surface area (Å²) in [6, 6.07) is 10.4. The molecule has 1 aliphatic rings. The van der Waals surface area contributed by atoms with Gasteiger partial charge in [-0.25, -0.2) is 0 Å². The van der Waals surface area contributed by atoms with E-state index in [1.165, 1.54) is 5.69 Å². The highest BCUT2D eigenvalue weighted by Gasteiger charge is 2.25. The topological polar surface area (TPSA) is 52.6 Å². The molecule has 4 nitrogen and oxygen atoms in total. The summed E-state index contributed by atoms with van der Waals surface area (Å²) >= 11 is 0. The maximum atomic E-state index is 11.9. The van der Waals surface area contributed by atoms with Crippen molar-refractivity contribution >= 4 is 11.6 Å². The molecule has 2 unspecified atom stereocenters. The molecule has 0 aliphatic carbocycles. The minimum absolute atomic E-state index is 0.0499. The summed E-state index contributed by atoms with van der Waals surface area (Å²) in [5.41, 5.74) is 1.20. The van der Waals surface area contributed by atoms with Crippen molar-refractivity contribution in [2.75, 3.05) is 18.0 Å². The average Bonchev–Trinajstić information content (AvgIpc) is 2.88. The average molecular weight is 276 g/mol. The van der Waals surface area contributed by atoms with Crippen molar-refractivity contribution in [3.05, 3.63) is 30.3 Å². The van der Waals surface area contributed by atoms with Crippen molar-refractivity contribution in [3.8, 4) is 0 Å². The van der Waals surface area contributed by atoms with Gasteiger partial charge in [-0.15, -0.1) is 0 Å². The van der Waals surface area contributed by atoms with Gasteiger partial charge in [0.2, 0.25) is 5.91 Å². The highest BCUT2D eigenvalue weighted by molar-refractivity contribution is 5.77. The van der Waals surface area contributed by atoms with Gasteiger partial charge in [0.25, 0.3) is 0 Å². The van der Waals surface area contributed by atoms with Gasteiger partial charge < -0.3 is 15.3 Å². The number of aliphatic hydroxyl groups is 1. The molecule has 110 valence electrons. The van der Waals surface area contributed by atoms with E-state index in [1.807, 2.05) is 32.0 Å². The predicted molar refractivity (Wildman–Crippen MR) is 80.7 cm³/mol. The van der Waals surface area contributed by atoms with Crippen LogP contribution in [0.3, 0.4) is 0 Å². The first kappa shape index (κ1) is 14.9. The molecule has 1 amide bonds. The molecule has 1 aromatic rings. The number of aliphatic hydroxyl groups excluding tert-OH is 1. The number of hydrogen-bond donors (Lipinski definition) is 2. The van der Waals surface area contributed by atoms with Crippen LogP contribution in [0.5, 0.6) is 0 Å². The Morgan fingerprint density at radius 3 is 2.75 bits per heavy atom. The van der Waals surface area contributed by atoms with Crippen molar-refractivity contribution in [1.29, 1.82) is 0 Å². The van der Waals surface area contributed by atoms with E-state index in [0.29, 0.717) is 0 Å². The maximum absolute atomic E-state index is 11.9. The third kappa shape index (κ3) is 3.97. The SMILES string of the molecule is CC(C)C(O)CC(=O)NC1CCN(c2ccccc2)C1. The molecule has 2 rings (SSSR count). The van der Waals surface area contributed by atoms with Crippen LogP contribution in [0.4, 0.5) is 5.69 Å². The standard InChI is InChI=1S/C16H24N2O2/c1-12(2)15(19)10-16(20)17-13-8-9-18(11-13)14-6-4-3-5-7-14/h3-7,12-13,15,19H,8-11H2,1-2H3,(H,17,20). The molecule has 0 aromatic heterocycles. The monoisotopic (exact) mass is 276 g/mol. The number of nitrogens with zero attached hydrogens (tertiary/aromatic N) is 1. The number of para-hydroxylation sites is 1. The van der Waals surface area contributed by atoms with Gasteiger partial charge in [-0.2, -0.15) is 0 Å². The van der Waals surface area contributed by atoms with Crippen LogP contribution in [0.1, 0.15) is 26.7 Å². The molecular weight excluding hydrogens is 252 g/mol. The lowest BCUT2D eigenvalue weighted by Gasteiger charge is -2.20. The lowest BCUT2D eigenvalue weighted by molar-refractivity contribution is -0.124. The molecule has 1 saturated heterocycles. The normalized spacial score (nSPS) is 20.2. The zero-order chi connectivity index (χ0) is 14.5. The minimum Gasteiger partial charge on any atom is -0.392 e. The van der Waals surface area contributed by atoms with Crippen molar-refractivity contribution in [2.24, 2.45) is 5.92 Å². The smallest absolute Gasteiger partial charge is 0.222 e. The Morgan fingerprint density at radius 2 is 2.10 bits per heavy atom. The zero-order valence-electron chi connectivity index (χ0n) is 12.2. The van der Waals surface area contributed by atoms with Crippen LogP contribution in [0, 0.1) is 5.92 Å². The first-order chi connectivity index (χ1) is 9.56. The first-order valence-electron chi connectivity index (χ1n) is 7.33. The predicted octanol–water partition coefficient (Wildman–Crippen LogP) is 1.79. The van der Waals surface area contributed by atoms with E-state index in [2.05, 4.69) is 22.3 Å². The summed E-state index contributed by atoms with van der Waals surface area (Å²) in [4.78, 5) is 14.1. The van der Waals surface area contributed by atoms with Crippen molar-refractivity contribution < 1.29 is 9.90 Å². The highest BCUT2D eigenvalue weighted by atomic mass is 16.3. The molecule has 1 fully saturated rings. The molecule has 1 aliphatic heterocycles. The maximum Gasteiger partial charge on any atom is 0.222 e. The van der Waals surface area contributed by atoms with Gasteiger partial charge in [0.1, 0.15) is 0 Å². The summed E-state index contributed by atoms with van der Waals surface area (Å²) in [7, 11) is 0. The molecule has 20 heavy (non-hydrogen) atoms. The van der Waals surface area contributed by atoms with E-state index in [9.17, 15) is 9.90 Å². The van der Waals surface area contributed by atoms with Gasteiger partial charge in [0.05, 0.1) is 12.5 Å². The van der Waals surface area contributed by atoms with Gasteiger partial charge in [0, 0.05) is 24.8 Å². The lowest BCUT2D eigenvalue weighted by atomic mass is 10.0. The second kappa shape index (κ2) is 6.75. The highest BCUT2D eigenvalue weighted by Crippen LogP contribution is 2.19. The van der Waals surface area contributed by atoms with Crippen LogP contribution in [-0.4, -0.2) is 36.2 Å². The number of rotatable bonds is 5. The summed E-state index contributed by atoms with van der Waals surface area (Å²) in [6.07, 6.45) is 0.597. The Hall–Kier alpha value is -1.55. The van der Waals surface area contributed by atoms with E-state index >= 15 is 0 Å². The molecule has 4 heteroatoms. The summed E-state index contributed by atoms with van der Waals surface area (Å²) in [6.45, 7) is 5.64. The Kier molecular flexibility index (Phi) is 5.01. The van der Waals surface area contributed by atoms with E-state index in [1.54, 1.807) is 0 Å². The number of carbonyl (C=O) groups is 1. The van der Waals surface area contributed by atoms with E-state index in [4.69, 9.17) is 0 Å². The van der Waals surface area contributed by atoms with Gasteiger partial charge in [-0.05, 0) is 24.5 Å². The number of hydrogen-bond acceptors (Lipinski definition) is 3. The lowest BCUT2D eigenvalue weighted by Crippen LogP contribution is -2.39. The molecule has 0 spiro atoms. The van der Waals surface area contributed by atoms with Crippen LogP contribution in [0.25, 0.3) is 0 Å². The fraction of sp³-hybridized carbons (Fsp3) is 0.562. The van der Waals surface area contributed by atoms with Crippen LogP contribution < -0.4 is 10.2 Å². The molecule has 0 bridgehead atoms. The van der Waals surface area contributed by atoms with Crippen LogP contribution in [-0.2, 0) is 4.79 Å². The van der Waals surface area contributed by atoms with E-state index in [0.717, 1.165) is 19.5 Å². The van der Waals surface area contributed by atoms with E-state index in [-0.39, 0.29) is 24.3 Å². The molecule has 2 N–H and O–H groups in total. The molecule has 0 radical (unpaired) electrons.